The molecule has 2 rings (SSSR count). The highest BCUT2D eigenvalue weighted by Crippen LogP contribution is 2.34. The van der Waals surface area contributed by atoms with Gasteiger partial charge in [0.2, 0.25) is 0 Å². The van der Waals surface area contributed by atoms with Crippen LogP contribution in [0.2, 0.25) is 0 Å². The van der Waals surface area contributed by atoms with Gasteiger partial charge in [0.1, 0.15) is 5.82 Å². The Balaban J connectivity index is 1.60. The minimum absolute atomic E-state index is 0.212. The predicted octanol–water partition coefficient (Wildman–Crippen LogP) is 7.19. The molecule has 1 aliphatic carbocycles. The smallest absolute Gasteiger partial charge is 0.127 e. The lowest BCUT2D eigenvalue weighted by molar-refractivity contribution is 0.248. The summed E-state index contributed by atoms with van der Waals surface area (Å²) in [5, 5.41) is 8.81. The average molecular weight is 344 g/mol. The van der Waals surface area contributed by atoms with Crippen LogP contribution >= 0.6 is 0 Å². The van der Waals surface area contributed by atoms with Crippen LogP contribution in [0.15, 0.2) is 18.2 Å². The quantitative estimate of drug-likeness (QED) is 0.412. The largest absolute Gasteiger partial charge is 0.207 e. The van der Waals surface area contributed by atoms with Crippen LogP contribution in [0.1, 0.15) is 95.1 Å². The van der Waals surface area contributed by atoms with Crippen LogP contribution in [0.3, 0.4) is 0 Å². The van der Waals surface area contributed by atoms with Crippen LogP contribution in [0, 0.1) is 29.0 Å². The van der Waals surface area contributed by atoms with E-state index < -0.39 is 0 Å². The first-order valence-electron chi connectivity index (χ1n) is 10.4. The van der Waals surface area contributed by atoms with Crippen LogP contribution < -0.4 is 0 Å². The van der Waals surface area contributed by atoms with Crippen LogP contribution in [-0.2, 0) is 6.42 Å². The summed E-state index contributed by atoms with van der Waals surface area (Å²) in [6, 6.07) is 6.89. The van der Waals surface area contributed by atoms with Gasteiger partial charge in [0.05, 0.1) is 11.6 Å². The minimum atomic E-state index is -0.212. The third-order valence-corrected chi connectivity index (χ3v) is 5.94. The zero-order valence-electron chi connectivity index (χ0n) is 15.9. The van der Waals surface area contributed by atoms with Crippen molar-refractivity contribution in [3.8, 4) is 6.07 Å². The van der Waals surface area contributed by atoms with Crippen molar-refractivity contribution in [2.24, 2.45) is 11.8 Å². The molecule has 0 atom stereocenters. The highest BCUT2D eigenvalue weighted by Gasteiger charge is 2.21. The molecule has 0 spiro atoms. The summed E-state index contributed by atoms with van der Waals surface area (Å²) in [5.74, 6) is 1.49. The molecule has 0 heterocycles. The Morgan fingerprint density at radius 1 is 0.960 bits per heavy atom. The van der Waals surface area contributed by atoms with Crippen molar-refractivity contribution >= 4 is 0 Å². The molecule has 0 bridgehead atoms. The fourth-order valence-corrected chi connectivity index (χ4v) is 4.20. The average Bonchev–Trinajstić information content (AvgIpc) is 2.64. The van der Waals surface area contributed by atoms with E-state index in [1.807, 2.05) is 6.07 Å². The maximum atomic E-state index is 14.0. The Hall–Kier alpha value is -1.36. The van der Waals surface area contributed by atoms with Gasteiger partial charge in [-0.2, -0.15) is 5.26 Å². The van der Waals surface area contributed by atoms with E-state index in [1.54, 1.807) is 12.1 Å². The van der Waals surface area contributed by atoms with E-state index in [1.165, 1.54) is 76.7 Å². The van der Waals surface area contributed by atoms with Crippen molar-refractivity contribution in [3.63, 3.8) is 0 Å². The van der Waals surface area contributed by atoms with Gasteiger partial charge in [0, 0.05) is 0 Å². The third-order valence-electron chi connectivity index (χ3n) is 5.94. The van der Waals surface area contributed by atoms with Gasteiger partial charge in [-0.1, -0.05) is 83.6 Å². The fraction of sp³-hybridized carbons (Fsp3) is 0.696. The van der Waals surface area contributed by atoms with Gasteiger partial charge in [-0.05, 0) is 42.4 Å². The Kier molecular flexibility index (Phi) is 9.02. The van der Waals surface area contributed by atoms with E-state index in [-0.39, 0.29) is 5.82 Å². The molecule has 0 N–H and O–H groups in total. The summed E-state index contributed by atoms with van der Waals surface area (Å²) in [4.78, 5) is 0. The standard InChI is InChI=1S/C23H34FN/c1-2-3-4-5-6-7-8-19-9-11-20(12-10-19)13-15-22-16-14-21(18-25)17-23(22)24/h14,16-17,19-20H,2-13,15H2,1H3. The number of hydrogen-bond donors (Lipinski definition) is 0. The molecule has 25 heavy (non-hydrogen) atoms. The molecule has 0 unspecified atom stereocenters. The summed E-state index contributed by atoms with van der Waals surface area (Å²) < 4.78 is 14.0. The molecular weight excluding hydrogens is 309 g/mol. The second kappa shape index (κ2) is 11.3. The molecule has 138 valence electrons. The van der Waals surface area contributed by atoms with Crippen molar-refractivity contribution in [1.82, 2.24) is 0 Å². The maximum absolute atomic E-state index is 14.0. The first kappa shape index (κ1) is 20.0. The Morgan fingerprint density at radius 2 is 1.60 bits per heavy atom. The molecule has 1 saturated carbocycles. The summed E-state index contributed by atoms with van der Waals surface area (Å²) in [5.41, 5.74) is 1.18. The Morgan fingerprint density at radius 3 is 2.24 bits per heavy atom. The van der Waals surface area contributed by atoms with Gasteiger partial charge in [-0.3, -0.25) is 0 Å². The Labute approximate surface area is 153 Å². The Bertz CT molecular complexity index is 538. The molecule has 2 heteroatoms. The number of nitrogens with zero attached hydrogens (tertiary/aromatic N) is 1. The first-order valence-corrected chi connectivity index (χ1v) is 10.4. The van der Waals surface area contributed by atoms with Gasteiger partial charge in [-0.15, -0.1) is 0 Å². The summed E-state index contributed by atoms with van der Waals surface area (Å²) in [6.45, 7) is 2.27. The van der Waals surface area contributed by atoms with Gasteiger partial charge < -0.3 is 0 Å². The van der Waals surface area contributed by atoms with E-state index in [9.17, 15) is 4.39 Å². The minimum Gasteiger partial charge on any atom is -0.207 e. The monoisotopic (exact) mass is 343 g/mol. The summed E-state index contributed by atoms with van der Waals surface area (Å²) >= 11 is 0. The van der Waals surface area contributed by atoms with Crippen LogP contribution in [-0.4, -0.2) is 0 Å². The van der Waals surface area contributed by atoms with Crippen molar-refractivity contribution in [2.75, 3.05) is 0 Å². The highest BCUT2D eigenvalue weighted by molar-refractivity contribution is 5.32. The number of unbranched alkanes of at least 4 members (excludes halogenated alkanes) is 5. The lowest BCUT2D eigenvalue weighted by Crippen LogP contribution is -2.15. The number of benzene rings is 1. The predicted molar refractivity (Wildman–Crippen MR) is 103 cm³/mol. The van der Waals surface area contributed by atoms with Crippen molar-refractivity contribution in [3.05, 3.63) is 35.1 Å². The molecule has 0 radical (unpaired) electrons. The molecule has 1 nitrogen and oxygen atoms in total. The SMILES string of the molecule is CCCCCCCCC1CCC(CCc2ccc(C#N)cc2F)CC1. The van der Waals surface area contributed by atoms with Gasteiger partial charge in [0.15, 0.2) is 0 Å². The normalized spacial score (nSPS) is 20.4. The number of halogens is 1. The van der Waals surface area contributed by atoms with Crippen LogP contribution in [0.4, 0.5) is 4.39 Å². The highest BCUT2D eigenvalue weighted by atomic mass is 19.1. The maximum Gasteiger partial charge on any atom is 0.127 e. The fourth-order valence-electron chi connectivity index (χ4n) is 4.20. The molecule has 0 amide bonds. The van der Waals surface area contributed by atoms with Crippen molar-refractivity contribution in [2.45, 2.75) is 90.4 Å². The van der Waals surface area contributed by atoms with E-state index in [0.29, 0.717) is 5.56 Å². The third kappa shape index (κ3) is 7.18. The van der Waals surface area contributed by atoms with Gasteiger partial charge >= 0.3 is 0 Å². The number of rotatable bonds is 10. The van der Waals surface area contributed by atoms with Gasteiger partial charge in [-0.25, -0.2) is 4.39 Å². The summed E-state index contributed by atoms with van der Waals surface area (Å²) in [6.07, 6.45) is 17.1. The van der Waals surface area contributed by atoms with Crippen LogP contribution in [0.5, 0.6) is 0 Å². The molecule has 1 fully saturated rings. The lowest BCUT2D eigenvalue weighted by atomic mass is 9.77. The molecular formula is C23H34FN. The second-order valence-electron chi connectivity index (χ2n) is 7.90. The lowest BCUT2D eigenvalue weighted by Gasteiger charge is -2.28. The van der Waals surface area contributed by atoms with Gasteiger partial charge in [0.25, 0.3) is 0 Å². The molecule has 0 aromatic heterocycles. The molecule has 0 saturated heterocycles. The van der Waals surface area contributed by atoms with Crippen molar-refractivity contribution < 1.29 is 4.39 Å². The number of hydrogen-bond acceptors (Lipinski definition) is 1. The van der Waals surface area contributed by atoms with E-state index >= 15 is 0 Å². The molecule has 1 aromatic rings. The number of aryl methyl sites for hydroxylation is 1. The molecule has 1 aliphatic rings. The van der Waals surface area contributed by atoms with E-state index in [4.69, 9.17) is 5.26 Å². The van der Waals surface area contributed by atoms with Crippen molar-refractivity contribution in [1.29, 1.82) is 5.26 Å². The van der Waals surface area contributed by atoms with E-state index in [2.05, 4.69) is 6.92 Å². The topological polar surface area (TPSA) is 23.8 Å². The second-order valence-corrected chi connectivity index (χ2v) is 7.90. The number of nitriles is 1. The van der Waals surface area contributed by atoms with E-state index in [0.717, 1.165) is 30.2 Å². The van der Waals surface area contributed by atoms with Crippen LogP contribution in [0.25, 0.3) is 0 Å². The molecule has 0 aliphatic heterocycles. The zero-order chi connectivity index (χ0) is 17.9. The zero-order valence-corrected chi connectivity index (χ0v) is 15.9. The molecule has 1 aromatic carbocycles. The first-order chi connectivity index (χ1) is 12.2. The summed E-state index contributed by atoms with van der Waals surface area (Å²) in [7, 11) is 0.